The standard InChI is InChI=1S/C31H39N7O3/c1-21(2)26-18-33-38-27(26)34-29(37-16-15-36(19-25(37)20-39)30(40)41-31(3,4)5)35-28(38)32-17-22-11-13-24(14-12-22)23-9-7-6-8-10-23/h6-14,18,21,25,39H,15-17,19-20H2,1-5H3,(H,32,34,35)/t25-/m0/s1. The Balaban J connectivity index is 1.39. The molecular weight excluding hydrogens is 518 g/mol. The Morgan fingerprint density at radius 1 is 1.05 bits per heavy atom. The Morgan fingerprint density at radius 3 is 2.41 bits per heavy atom. The number of carbonyl (C=O) groups excluding carboxylic acids is 1. The van der Waals surface area contributed by atoms with Gasteiger partial charge in [-0.25, -0.2) is 4.79 Å². The van der Waals surface area contributed by atoms with Crippen LogP contribution in [0.4, 0.5) is 16.7 Å². The average Bonchev–Trinajstić information content (AvgIpc) is 3.40. The van der Waals surface area contributed by atoms with Crippen molar-refractivity contribution in [3.8, 4) is 11.1 Å². The number of nitrogens with zero attached hydrogens (tertiary/aromatic N) is 6. The molecule has 1 atom stereocenters. The van der Waals surface area contributed by atoms with Gasteiger partial charge < -0.3 is 25.0 Å². The number of hydrogen-bond acceptors (Lipinski definition) is 8. The third-order valence-corrected chi connectivity index (χ3v) is 7.12. The third kappa shape index (κ3) is 6.43. The molecule has 2 aromatic heterocycles. The summed E-state index contributed by atoms with van der Waals surface area (Å²) in [5.41, 5.74) is 4.59. The van der Waals surface area contributed by atoms with E-state index < -0.39 is 5.60 Å². The number of benzene rings is 2. The van der Waals surface area contributed by atoms with E-state index in [0.29, 0.717) is 38.1 Å². The second-order valence-corrected chi connectivity index (χ2v) is 11.7. The van der Waals surface area contributed by atoms with E-state index in [0.717, 1.165) is 22.3 Å². The molecule has 4 aromatic rings. The fourth-order valence-corrected chi connectivity index (χ4v) is 4.93. The van der Waals surface area contributed by atoms with E-state index in [4.69, 9.17) is 14.7 Å². The van der Waals surface area contributed by atoms with E-state index in [-0.39, 0.29) is 24.7 Å². The van der Waals surface area contributed by atoms with Crippen molar-refractivity contribution in [1.29, 1.82) is 0 Å². The number of nitrogens with one attached hydrogen (secondary N) is 1. The zero-order valence-electron chi connectivity index (χ0n) is 24.4. The maximum atomic E-state index is 12.7. The molecular formula is C31H39N7O3. The summed E-state index contributed by atoms with van der Waals surface area (Å²) in [6, 6.07) is 18.4. The lowest BCUT2D eigenvalue weighted by Gasteiger charge is -2.40. The number of anilines is 2. The smallest absolute Gasteiger partial charge is 0.410 e. The predicted octanol–water partition coefficient (Wildman–Crippen LogP) is 4.94. The number of hydrogen-bond donors (Lipinski definition) is 2. The first-order chi connectivity index (χ1) is 19.6. The molecule has 0 aliphatic carbocycles. The number of aromatic nitrogens is 4. The molecule has 10 heteroatoms. The number of piperazine rings is 1. The Kier molecular flexibility index (Phi) is 8.12. The minimum atomic E-state index is -0.589. The summed E-state index contributed by atoms with van der Waals surface area (Å²) in [6.07, 6.45) is 1.45. The van der Waals surface area contributed by atoms with Crippen molar-refractivity contribution in [2.75, 3.05) is 36.5 Å². The molecule has 0 radical (unpaired) electrons. The minimum absolute atomic E-state index is 0.152. The lowest BCUT2D eigenvalue weighted by atomic mass is 10.0. The molecule has 5 rings (SSSR count). The van der Waals surface area contributed by atoms with Gasteiger partial charge in [0.15, 0.2) is 5.65 Å². The van der Waals surface area contributed by atoms with Crippen LogP contribution in [0.5, 0.6) is 0 Å². The summed E-state index contributed by atoms with van der Waals surface area (Å²) in [7, 11) is 0. The number of ether oxygens (including phenoxy) is 1. The van der Waals surface area contributed by atoms with E-state index in [9.17, 15) is 9.90 Å². The van der Waals surface area contributed by atoms with Crippen molar-refractivity contribution in [2.24, 2.45) is 0 Å². The van der Waals surface area contributed by atoms with Crippen LogP contribution >= 0.6 is 0 Å². The van der Waals surface area contributed by atoms with Crippen LogP contribution in [0.25, 0.3) is 16.8 Å². The topological polar surface area (TPSA) is 108 Å². The van der Waals surface area contributed by atoms with Crippen molar-refractivity contribution < 1.29 is 14.6 Å². The minimum Gasteiger partial charge on any atom is -0.444 e. The van der Waals surface area contributed by atoms with Crippen molar-refractivity contribution in [3.05, 3.63) is 71.9 Å². The quantitative estimate of drug-likeness (QED) is 0.329. The Hall–Kier alpha value is -4.18. The molecule has 2 N–H and O–H groups in total. The number of rotatable bonds is 7. The molecule has 1 amide bonds. The second-order valence-electron chi connectivity index (χ2n) is 11.7. The number of fused-ring (bicyclic) bond motifs is 1. The lowest BCUT2D eigenvalue weighted by Crippen LogP contribution is -2.57. The van der Waals surface area contributed by atoms with Gasteiger partial charge in [0.05, 0.1) is 18.8 Å². The fraction of sp³-hybridized carbons (Fsp3) is 0.419. The first-order valence-corrected chi connectivity index (χ1v) is 14.1. The van der Waals surface area contributed by atoms with Gasteiger partial charge in [-0.3, -0.25) is 0 Å². The van der Waals surface area contributed by atoms with Crippen LogP contribution in [0.1, 0.15) is 51.7 Å². The maximum Gasteiger partial charge on any atom is 0.410 e. The van der Waals surface area contributed by atoms with E-state index in [1.165, 1.54) is 5.56 Å². The van der Waals surface area contributed by atoms with Crippen LogP contribution in [-0.2, 0) is 11.3 Å². The second kappa shape index (κ2) is 11.7. The van der Waals surface area contributed by atoms with Gasteiger partial charge >= 0.3 is 6.09 Å². The summed E-state index contributed by atoms with van der Waals surface area (Å²) in [5, 5.41) is 18.3. The van der Waals surface area contributed by atoms with Gasteiger partial charge in [0.25, 0.3) is 0 Å². The van der Waals surface area contributed by atoms with Crippen LogP contribution in [-0.4, -0.2) is 73.6 Å². The molecule has 1 fully saturated rings. The largest absolute Gasteiger partial charge is 0.444 e. The number of carbonyl (C=O) groups is 1. The molecule has 0 saturated carbocycles. The SMILES string of the molecule is CC(C)c1cnn2c(NCc3ccc(-c4ccccc4)cc3)nc(N3CCN(C(=O)OC(C)(C)C)C[C@H]3CO)nc12. The van der Waals surface area contributed by atoms with Gasteiger partial charge in [-0.1, -0.05) is 68.4 Å². The number of aliphatic hydroxyl groups is 1. The van der Waals surface area contributed by atoms with Crippen LogP contribution in [0.15, 0.2) is 60.8 Å². The highest BCUT2D eigenvalue weighted by molar-refractivity contribution is 5.69. The van der Waals surface area contributed by atoms with Crippen LogP contribution in [0.3, 0.4) is 0 Å². The van der Waals surface area contributed by atoms with Gasteiger partial charge in [0.1, 0.15) is 5.60 Å². The van der Waals surface area contributed by atoms with E-state index >= 15 is 0 Å². The molecule has 1 aliphatic heterocycles. The van der Waals surface area contributed by atoms with Gasteiger partial charge in [0, 0.05) is 31.7 Å². The zero-order valence-corrected chi connectivity index (χ0v) is 24.4. The van der Waals surface area contributed by atoms with Crippen molar-refractivity contribution >= 4 is 23.6 Å². The summed E-state index contributed by atoms with van der Waals surface area (Å²) >= 11 is 0. The van der Waals surface area contributed by atoms with Gasteiger partial charge in [0.2, 0.25) is 11.9 Å². The number of aliphatic hydroxyl groups excluding tert-OH is 1. The molecule has 0 unspecified atom stereocenters. The van der Waals surface area contributed by atoms with Gasteiger partial charge in [-0.05, 0) is 43.4 Å². The maximum absolute atomic E-state index is 12.7. The molecule has 216 valence electrons. The van der Waals surface area contributed by atoms with Crippen molar-refractivity contribution in [1.82, 2.24) is 24.5 Å². The van der Waals surface area contributed by atoms with Gasteiger partial charge in [-0.2, -0.15) is 19.6 Å². The molecule has 1 saturated heterocycles. The molecule has 2 aromatic carbocycles. The highest BCUT2D eigenvalue weighted by Gasteiger charge is 2.33. The molecule has 0 spiro atoms. The summed E-state index contributed by atoms with van der Waals surface area (Å²) < 4.78 is 7.30. The van der Waals surface area contributed by atoms with Gasteiger partial charge in [-0.15, -0.1) is 0 Å². The Morgan fingerprint density at radius 2 is 1.76 bits per heavy atom. The Bertz CT molecular complexity index is 1480. The molecule has 3 heterocycles. The Labute approximate surface area is 241 Å². The highest BCUT2D eigenvalue weighted by Crippen LogP contribution is 2.26. The summed E-state index contributed by atoms with van der Waals surface area (Å²) in [6.45, 7) is 11.4. The summed E-state index contributed by atoms with van der Waals surface area (Å²) in [5.74, 6) is 1.27. The zero-order chi connectivity index (χ0) is 29.1. The molecule has 0 bridgehead atoms. The van der Waals surface area contributed by atoms with E-state index in [1.807, 2.05) is 50.1 Å². The normalized spacial score (nSPS) is 15.9. The lowest BCUT2D eigenvalue weighted by molar-refractivity contribution is 0.0196. The molecule has 41 heavy (non-hydrogen) atoms. The first kappa shape index (κ1) is 28.4. The fourth-order valence-electron chi connectivity index (χ4n) is 4.93. The number of amides is 1. The van der Waals surface area contributed by atoms with E-state index in [1.54, 1.807) is 9.42 Å². The molecule has 10 nitrogen and oxygen atoms in total. The van der Waals surface area contributed by atoms with Crippen molar-refractivity contribution in [2.45, 2.75) is 58.7 Å². The van der Waals surface area contributed by atoms with Crippen LogP contribution < -0.4 is 10.2 Å². The van der Waals surface area contributed by atoms with Crippen LogP contribution in [0, 0.1) is 0 Å². The van der Waals surface area contributed by atoms with Crippen molar-refractivity contribution in [3.63, 3.8) is 0 Å². The third-order valence-electron chi connectivity index (χ3n) is 7.12. The predicted molar refractivity (Wildman–Crippen MR) is 160 cm³/mol. The van der Waals surface area contributed by atoms with Crippen LogP contribution in [0.2, 0.25) is 0 Å². The average molecular weight is 558 g/mol. The summed E-state index contributed by atoms with van der Waals surface area (Å²) in [4.78, 5) is 26.1. The first-order valence-electron chi connectivity index (χ1n) is 14.1. The highest BCUT2D eigenvalue weighted by atomic mass is 16.6. The molecule has 1 aliphatic rings. The monoisotopic (exact) mass is 557 g/mol. The van der Waals surface area contributed by atoms with E-state index in [2.05, 4.69) is 60.7 Å².